The van der Waals surface area contributed by atoms with Gasteiger partial charge in [0, 0.05) is 6.61 Å². The van der Waals surface area contributed by atoms with Gasteiger partial charge in [-0.1, -0.05) is 0 Å². The maximum absolute atomic E-state index is 10.7. The molecule has 0 aliphatic carbocycles. The molecule has 2 rings (SSSR count). The van der Waals surface area contributed by atoms with Crippen molar-refractivity contribution >= 4 is 18.8 Å². The molecule has 11 heteroatoms. The minimum atomic E-state index is -4.20. The van der Waals surface area contributed by atoms with Crippen LogP contribution in [0.25, 0.3) is 11.2 Å². The molecular weight excluding hydrogens is 315 g/mol. The van der Waals surface area contributed by atoms with E-state index in [1.54, 1.807) is 4.57 Å². The molecule has 0 saturated carbocycles. The Morgan fingerprint density at radius 3 is 2.68 bits per heavy atom. The lowest BCUT2D eigenvalue weighted by atomic mass is 10.2. The van der Waals surface area contributed by atoms with Crippen LogP contribution in [0.5, 0.6) is 0 Å². The maximum atomic E-state index is 10.7. The predicted octanol–water partition coefficient (Wildman–Crippen LogP) is -0.606. The van der Waals surface area contributed by atoms with Crippen LogP contribution in [0.3, 0.4) is 0 Å². The number of nitrogens with zero attached hydrogens (tertiary/aromatic N) is 4. The molecule has 0 aromatic carbocycles. The highest BCUT2D eigenvalue weighted by Crippen LogP contribution is 2.34. The monoisotopic (exact) mass is 332 g/mol. The van der Waals surface area contributed by atoms with Gasteiger partial charge in [-0.2, -0.15) is 0 Å². The number of ether oxygens (including phenoxy) is 1. The summed E-state index contributed by atoms with van der Waals surface area (Å²) in [6.45, 7) is -0.428. The lowest BCUT2D eigenvalue weighted by molar-refractivity contribution is 0.127. The fourth-order valence-corrected chi connectivity index (χ4v) is 2.37. The molecule has 122 valence electrons. The fraction of sp³-hybridized carbons (Fsp3) is 0.545. The van der Waals surface area contributed by atoms with Gasteiger partial charge in [-0.15, -0.1) is 0 Å². The molecule has 4 N–H and O–H groups in total. The van der Waals surface area contributed by atoms with Crippen molar-refractivity contribution in [1.29, 1.82) is 0 Å². The first kappa shape index (κ1) is 16.9. The lowest BCUT2D eigenvalue weighted by Gasteiger charge is -2.16. The zero-order valence-corrected chi connectivity index (χ0v) is 12.5. The largest absolute Gasteiger partial charge is 0.394 e. The minimum Gasteiger partial charge on any atom is -0.394 e. The summed E-state index contributed by atoms with van der Waals surface area (Å²) in [6.07, 6.45) is 2.43. The van der Waals surface area contributed by atoms with Gasteiger partial charge in [-0.3, -0.25) is 4.57 Å². The van der Waals surface area contributed by atoms with E-state index < -0.39 is 20.0 Å². The Kier molecular flexibility index (Phi) is 5.57. The molecule has 1 unspecified atom stereocenters. The number of imidazole rings is 1. The quantitative estimate of drug-likeness (QED) is 0.366. The summed E-state index contributed by atoms with van der Waals surface area (Å²) in [5.74, 6) is 0. The Hall–Kier alpha value is -1.42. The number of hydrogen-bond donors (Lipinski definition) is 4. The van der Waals surface area contributed by atoms with Gasteiger partial charge in [0.2, 0.25) is 0 Å². The Balaban J connectivity index is 2.09. The summed E-state index contributed by atoms with van der Waals surface area (Å²) in [5.41, 5.74) is 1.30. The van der Waals surface area contributed by atoms with Gasteiger partial charge in [-0.25, -0.2) is 15.0 Å². The third-order valence-electron chi connectivity index (χ3n) is 3.04. The van der Waals surface area contributed by atoms with Crippen LogP contribution in [0.2, 0.25) is 0 Å². The van der Waals surface area contributed by atoms with Gasteiger partial charge in [-0.05, 0) is 6.42 Å². The van der Waals surface area contributed by atoms with Crippen molar-refractivity contribution in [3.05, 3.63) is 18.3 Å². The number of hydrogen-bond acceptors (Lipinski definition) is 7. The summed E-state index contributed by atoms with van der Waals surface area (Å²) >= 11 is 0. The highest BCUT2D eigenvalue weighted by atomic mass is 31.2. The summed E-state index contributed by atoms with van der Waals surface area (Å²) in [6, 6.07) is -0.414. The van der Waals surface area contributed by atoms with E-state index in [9.17, 15) is 14.8 Å². The topological polar surface area (TPSA) is 151 Å². The third kappa shape index (κ3) is 4.07. The van der Waals surface area contributed by atoms with E-state index in [1.807, 2.05) is 0 Å². The molecule has 0 aliphatic rings. The third-order valence-corrected chi connectivity index (χ3v) is 3.56. The summed E-state index contributed by atoms with van der Waals surface area (Å²) in [7, 11) is -4.20. The van der Waals surface area contributed by atoms with E-state index in [0.29, 0.717) is 23.3 Å². The van der Waals surface area contributed by atoms with Crippen molar-refractivity contribution in [2.75, 3.05) is 19.6 Å². The number of aliphatic hydroxyl groups excluding tert-OH is 2. The summed E-state index contributed by atoms with van der Waals surface area (Å²) in [4.78, 5) is 29.5. The molecule has 0 aliphatic heterocycles. The number of rotatable bonds is 8. The van der Waals surface area contributed by atoms with Gasteiger partial charge >= 0.3 is 7.60 Å². The van der Waals surface area contributed by atoms with Crippen LogP contribution in [0.4, 0.5) is 0 Å². The van der Waals surface area contributed by atoms with Crippen molar-refractivity contribution in [1.82, 2.24) is 19.5 Å². The van der Waals surface area contributed by atoms with Crippen LogP contribution in [0, 0.1) is 0 Å². The van der Waals surface area contributed by atoms with Crippen LogP contribution < -0.4 is 0 Å². The average Bonchev–Trinajstić information content (AvgIpc) is 2.90. The molecule has 0 fully saturated rings. The molecule has 1 atom stereocenters. The minimum absolute atomic E-state index is 0.0634. The Labute approximate surface area is 125 Å². The van der Waals surface area contributed by atoms with Crippen molar-refractivity contribution in [3.63, 3.8) is 0 Å². The highest BCUT2D eigenvalue weighted by molar-refractivity contribution is 7.51. The second-order valence-corrected chi connectivity index (χ2v) is 6.22. The first-order valence-electron chi connectivity index (χ1n) is 6.46. The zero-order valence-electron chi connectivity index (χ0n) is 11.6. The number of fused-ring (bicyclic) bond motifs is 1. The van der Waals surface area contributed by atoms with Gasteiger partial charge < -0.3 is 29.3 Å². The average molecular weight is 332 g/mol. The number of aliphatic hydroxyl groups is 2. The molecule has 10 nitrogen and oxygen atoms in total. The van der Waals surface area contributed by atoms with E-state index in [0.717, 1.165) is 0 Å². The van der Waals surface area contributed by atoms with Crippen molar-refractivity contribution in [2.45, 2.75) is 19.1 Å². The lowest BCUT2D eigenvalue weighted by Crippen LogP contribution is -2.16. The Bertz CT molecular complexity index is 672. The molecule has 2 aromatic rings. The molecule has 0 amide bonds. The summed E-state index contributed by atoms with van der Waals surface area (Å²) < 4.78 is 17.2. The fourth-order valence-electron chi connectivity index (χ4n) is 2.00. The molecule has 0 bridgehead atoms. The molecule has 0 radical (unpaired) electrons. The SMILES string of the molecule is O=P(O)(O)COCCC(CO)n1cnc2c(CO)ncnc21. The van der Waals surface area contributed by atoms with Crippen LogP contribution in [0.1, 0.15) is 18.2 Å². The molecule has 22 heavy (non-hydrogen) atoms. The van der Waals surface area contributed by atoms with Gasteiger partial charge in [0.05, 0.1) is 31.3 Å². The van der Waals surface area contributed by atoms with E-state index in [-0.39, 0.29) is 19.8 Å². The molecule has 0 saturated heterocycles. The van der Waals surface area contributed by atoms with Crippen molar-refractivity contribution in [3.8, 4) is 0 Å². The van der Waals surface area contributed by atoms with E-state index in [2.05, 4.69) is 15.0 Å². The Morgan fingerprint density at radius 2 is 2.05 bits per heavy atom. The van der Waals surface area contributed by atoms with E-state index >= 15 is 0 Å². The van der Waals surface area contributed by atoms with Gasteiger partial charge in [0.15, 0.2) is 5.65 Å². The predicted molar refractivity (Wildman–Crippen MR) is 74.8 cm³/mol. The normalized spacial score (nSPS) is 13.6. The first-order chi connectivity index (χ1) is 10.5. The van der Waals surface area contributed by atoms with Crippen LogP contribution in [-0.2, 0) is 15.9 Å². The van der Waals surface area contributed by atoms with Crippen LogP contribution in [-0.4, -0.2) is 59.1 Å². The second-order valence-electron chi connectivity index (χ2n) is 4.63. The number of aromatic nitrogens is 4. The highest BCUT2D eigenvalue weighted by Gasteiger charge is 2.18. The first-order valence-corrected chi connectivity index (χ1v) is 8.26. The maximum Gasteiger partial charge on any atom is 0.350 e. The van der Waals surface area contributed by atoms with Crippen LogP contribution in [0.15, 0.2) is 12.7 Å². The summed E-state index contributed by atoms with van der Waals surface area (Å²) in [5, 5.41) is 18.7. The molecule has 2 heterocycles. The van der Waals surface area contributed by atoms with Crippen molar-refractivity contribution < 1.29 is 29.3 Å². The molecule has 0 spiro atoms. The van der Waals surface area contributed by atoms with E-state index in [1.165, 1.54) is 12.7 Å². The molecule has 2 aromatic heterocycles. The molecular formula is C11H17N4O6P. The van der Waals surface area contributed by atoms with E-state index in [4.69, 9.17) is 14.5 Å². The standard InChI is InChI=1S/C11H17N4O6P/c16-3-8(1-2-21-7-22(18,19)20)15-6-14-10-9(4-17)12-5-13-11(10)15/h5-6,8,16-17H,1-4,7H2,(H2,18,19,20). The Morgan fingerprint density at radius 1 is 1.27 bits per heavy atom. The van der Waals surface area contributed by atoms with Gasteiger partial charge in [0.1, 0.15) is 18.2 Å². The van der Waals surface area contributed by atoms with Gasteiger partial charge in [0.25, 0.3) is 0 Å². The van der Waals surface area contributed by atoms with Crippen LogP contribution >= 0.6 is 7.60 Å². The zero-order chi connectivity index (χ0) is 16.2. The smallest absolute Gasteiger partial charge is 0.350 e. The van der Waals surface area contributed by atoms with Crippen molar-refractivity contribution in [2.24, 2.45) is 0 Å². The second kappa shape index (κ2) is 7.23.